The van der Waals surface area contributed by atoms with Crippen molar-refractivity contribution in [1.29, 1.82) is 0 Å². The molecule has 0 aliphatic heterocycles. The zero-order valence-electron chi connectivity index (χ0n) is 4.89. The molecule has 0 aliphatic carbocycles. The van der Waals surface area contributed by atoms with E-state index in [4.69, 9.17) is 0 Å². The molecule has 5 nitrogen and oxygen atoms in total. The predicted molar refractivity (Wildman–Crippen MR) is 31.8 cm³/mol. The molecule has 0 saturated heterocycles. The number of fused-ring (bicyclic) bond motifs is 1. The maximum Gasteiger partial charge on any atom is 0.204 e. The van der Waals surface area contributed by atoms with Crippen LogP contribution in [0.3, 0.4) is 0 Å². The smallest absolute Gasteiger partial charge is 0.204 e. The van der Waals surface area contributed by atoms with Gasteiger partial charge in [0.2, 0.25) is 5.65 Å². The molecular weight excluding hydrogens is 130 g/mol. The van der Waals surface area contributed by atoms with E-state index in [2.05, 4.69) is 31.7 Å². The highest BCUT2D eigenvalue weighted by atomic mass is 15.4. The van der Waals surface area contributed by atoms with Crippen LogP contribution in [0.5, 0.6) is 0 Å². The van der Waals surface area contributed by atoms with Gasteiger partial charge in [-0.1, -0.05) is 0 Å². The van der Waals surface area contributed by atoms with Crippen LogP contribution in [-0.4, -0.2) is 25.6 Å². The lowest BCUT2D eigenvalue weighted by Gasteiger charge is -1.86. The highest BCUT2D eigenvalue weighted by Gasteiger charge is 1.92. The lowest BCUT2D eigenvalue weighted by atomic mass is 10.4. The molecule has 0 spiro atoms. The summed E-state index contributed by atoms with van der Waals surface area (Å²) in [4.78, 5) is 3.85. The molecule has 10 heavy (non-hydrogen) atoms. The van der Waals surface area contributed by atoms with Gasteiger partial charge in [-0.2, -0.15) is 0 Å². The van der Waals surface area contributed by atoms with E-state index >= 15 is 0 Å². The minimum atomic E-state index is 0.494. The van der Waals surface area contributed by atoms with Gasteiger partial charge >= 0.3 is 0 Å². The van der Waals surface area contributed by atoms with E-state index in [0.29, 0.717) is 11.2 Å². The second-order valence-electron chi connectivity index (χ2n) is 1.66. The maximum atomic E-state index is 3.85. The van der Waals surface area contributed by atoms with E-state index in [9.17, 15) is 0 Å². The summed E-state index contributed by atoms with van der Waals surface area (Å²) in [6, 6.07) is 4.41. The van der Waals surface area contributed by atoms with Crippen molar-refractivity contribution in [3.8, 4) is 0 Å². The summed E-state index contributed by atoms with van der Waals surface area (Å²) in [7, 11) is 0. The fourth-order valence-corrected chi connectivity index (χ4v) is 0.626. The zero-order valence-corrected chi connectivity index (χ0v) is 4.89. The largest absolute Gasteiger partial charge is 0.233 e. The SMILES string of the molecule is [c]1cnc2nnnnc2c1. The molecule has 2 heterocycles. The summed E-state index contributed by atoms with van der Waals surface area (Å²) in [6.45, 7) is 0. The Hall–Kier alpha value is -1.65. The molecule has 0 atom stereocenters. The van der Waals surface area contributed by atoms with E-state index < -0.39 is 0 Å². The first-order valence-corrected chi connectivity index (χ1v) is 2.65. The number of pyridine rings is 1. The number of hydrogen-bond acceptors (Lipinski definition) is 5. The van der Waals surface area contributed by atoms with Crippen LogP contribution < -0.4 is 0 Å². The lowest BCUT2D eigenvalue weighted by molar-refractivity contribution is 0.790. The summed E-state index contributed by atoms with van der Waals surface area (Å²) in [5, 5.41) is 14.0. The third-order valence-corrected chi connectivity index (χ3v) is 1.04. The van der Waals surface area contributed by atoms with Gasteiger partial charge < -0.3 is 0 Å². The zero-order chi connectivity index (χ0) is 6.81. The number of aromatic nitrogens is 5. The molecule has 2 rings (SSSR count). The molecule has 0 unspecified atom stereocenters. The average molecular weight is 132 g/mol. The second kappa shape index (κ2) is 1.94. The molecule has 0 aromatic carbocycles. The lowest BCUT2D eigenvalue weighted by Crippen LogP contribution is -1.93. The standard InChI is InChI=1S/C5H2N5/c1-2-4-5(6-3-1)8-10-9-7-4/h2-3H. The van der Waals surface area contributed by atoms with E-state index in [1.54, 1.807) is 6.07 Å². The molecule has 1 radical (unpaired) electrons. The number of rotatable bonds is 0. The van der Waals surface area contributed by atoms with Crippen molar-refractivity contribution in [2.45, 2.75) is 0 Å². The molecule has 2 aromatic rings. The van der Waals surface area contributed by atoms with Crippen LogP contribution in [0, 0.1) is 6.07 Å². The predicted octanol–water partition coefficient (Wildman–Crippen LogP) is -0.385. The molecule has 5 heteroatoms. The Bertz CT molecular complexity index is 281. The Morgan fingerprint density at radius 3 is 3.00 bits per heavy atom. The third kappa shape index (κ3) is 0.680. The van der Waals surface area contributed by atoms with Crippen molar-refractivity contribution in [3.63, 3.8) is 0 Å². The highest BCUT2D eigenvalue weighted by Crippen LogP contribution is 1.97. The highest BCUT2D eigenvalue weighted by molar-refractivity contribution is 5.66. The Balaban J connectivity index is 2.89. The molecule has 0 N–H and O–H groups in total. The summed E-state index contributed by atoms with van der Waals surface area (Å²) in [5.74, 6) is 0. The van der Waals surface area contributed by atoms with E-state index in [0.717, 1.165) is 0 Å². The van der Waals surface area contributed by atoms with Gasteiger partial charge in [-0.15, -0.1) is 10.2 Å². The van der Waals surface area contributed by atoms with Crippen LogP contribution in [0.2, 0.25) is 0 Å². The Morgan fingerprint density at radius 1 is 1.20 bits per heavy atom. The van der Waals surface area contributed by atoms with Gasteiger partial charge in [0.25, 0.3) is 0 Å². The van der Waals surface area contributed by atoms with Gasteiger partial charge in [0.05, 0.1) is 0 Å². The normalized spacial score (nSPS) is 10.0. The van der Waals surface area contributed by atoms with Crippen molar-refractivity contribution in [2.24, 2.45) is 0 Å². The molecule has 0 bridgehead atoms. The van der Waals surface area contributed by atoms with E-state index in [-0.39, 0.29) is 0 Å². The van der Waals surface area contributed by atoms with E-state index in [1.807, 2.05) is 0 Å². The Kier molecular flexibility index (Phi) is 1.00. The molecule has 0 fully saturated rings. The van der Waals surface area contributed by atoms with Crippen molar-refractivity contribution in [1.82, 2.24) is 25.6 Å². The monoisotopic (exact) mass is 132 g/mol. The van der Waals surface area contributed by atoms with Gasteiger partial charge in [-0.25, -0.2) is 4.98 Å². The summed E-state index contributed by atoms with van der Waals surface area (Å²) in [6.07, 6.45) is 1.51. The summed E-state index contributed by atoms with van der Waals surface area (Å²) >= 11 is 0. The van der Waals surface area contributed by atoms with Crippen LogP contribution in [0.4, 0.5) is 0 Å². The summed E-state index contributed by atoms with van der Waals surface area (Å²) < 4.78 is 0. The topological polar surface area (TPSA) is 64.5 Å². The Morgan fingerprint density at radius 2 is 2.10 bits per heavy atom. The molecular formula is C5H2N5. The minimum Gasteiger partial charge on any atom is -0.233 e. The van der Waals surface area contributed by atoms with Crippen LogP contribution in [0.25, 0.3) is 11.2 Å². The molecule has 47 valence electrons. The first-order valence-electron chi connectivity index (χ1n) is 2.65. The fourth-order valence-electron chi connectivity index (χ4n) is 0.626. The first-order chi connectivity index (χ1) is 4.97. The second-order valence-corrected chi connectivity index (χ2v) is 1.66. The Labute approximate surface area is 56.1 Å². The van der Waals surface area contributed by atoms with Crippen molar-refractivity contribution < 1.29 is 0 Å². The number of nitrogens with zero attached hydrogens (tertiary/aromatic N) is 5. The quantitative estimate of drug-likeness (QED) is 0.488. The van der Waals surface area contributed by atoms with Crippen LogP contribution in [-0.2, 0) is 0 Å². The van der Waals surface area contributed by atoms with Gasteiger partial charge in [0.1, 0.15) is 5.52 Å². The van der Waals surface area contributed by atoms with Crippen molar-refractivity contribution in [2.75, 3.05) is 0 Å². The van der Waals surface area contributed by atoms with Crippen LogP contribution in [0.15, 0.2) is 12.3 Å². The van der Waals surface area contributed by atoms with Crippen molar-refractivity contribution in [3.05, 3.63) is 18.3 Å². The molecule has 0 amide bonds. The van der Waals surface area contributed by atoms with E-state index in [1.165, 1.54) is 6.20 Å². The third-order valence-electron chi connectivity index (χ3n) is 1.04. The molecule has 2 aromatic heterocycles. The van der Waals surface area contributed by atoms with Gasteiger partial charge in [0.15, 0.2) is 0 Å². The summed E-state index contributed by atoms with van der Waals surface area (Å²) in [5.41, 5.74) is 1.10. The first kappa shape index (κ1) is 5.16. The van der Waals surface area contributed by atoms with Crippen LogP contribution in [0.1, 0.15) is 0 Å². The average Bonchev–Trinajstić information content (AvgIpc) is 2.05. The maximum absolute atomic E-state index is 3.85. The fraction of sp³-hybridized carbons (Fsp3) is 0. The van der Waals surface area contributed by atoms with Gasteiger partial charge in [0, 0.05) is 12.3 Å². The molecule has 0 saturated carbocycles. The number of hydrogen-bond donors (Lipinski definition) is 0. The minimum absolute atomic E-state index is 0.494. The van der Waals surface area contributed by atoms with Gasteiger partial charge in [-0.3, -0.25) is 0 Å². The van der Waals surface area contributed by atoms with Crippen LogP contribution >= 0.6 is 0 Å². The van der Waals surface area contributed by atoms with Crippen molar-refractivity contribution >= 4 is 11.2 Å². The van der Waals surface area contributed by atoms with Gasteiger partial charge in [-0.05, 0) is 16.5 Å². The molecule has 0 aliphatic rings.